The number of benzene rings is 1. The molecule has 2 heterocycles. The van der Waals surface area contributed by atoms with Crippen LogP contribution in [0.25, 0.3) is 0 Å². The van der Waals surface area contributed by atoms with E-state index in [0.29, 0.717) is 32.0 Å². The van der Waals surface area contributed by atoms with Crippen LogP contribution < -0.4 is 0 Å². The van der Waals surface area contributed by atoms with E-state index in [1.807, 2.05) is 13.0 Å². The number of piperidine rings is 1. The zero-order valence-electron chi connectivity index (χ0n) is 13.2. The molecule has 0 amide bonds. The molecule has 4 nitrogen and oxygen atoms in total. The summed E-state index contributed by atoms with van der Waals surface area (Å²) in [5.41, 5.74) is 1.31. The number of likely N-dealkylation sites (tertiary alicyclic amines) is 1. The number of ketones is 1. The predicted molar refractivity (Wildman–Crippen MR) is 84.9 cm³/mol. The van der Waals surface area contributed by atoms with E-state index in [-0.39, 0.29) is 18.1 Å². The maximum Gasteiger partial charge on any atom is 0.138 e. The Bertz CT molecular complexity index is 484. The summed E-state index contributed by atoms with van der Waals surface area (Å²) in [4.78, 5) is 14.2. The van der Waals surface area contributed by atoms with Crippen LogP contribution in [-0.2, 0) is 20.7 Å². The normalized spacial score (nSPS) is 28.5. The van der Waals surface area contributed by atoms with Crippen molar-refractivity contribution in [3.63, 3.8) is 0 Å². The molecule has 1 aromatic carbocycles. The fourth-order valence-corrected chi connectivity index (χ4v) is 3.43. The van der Waals surface area contributed by atoms with Gasteiger partial charge in [0.1, 0.15) is 5.78 Å². The zero-order chi connectivity index (χ0) is 15.4. The third kappa shape index (κ3) is 3.75. The third-order valence-electron chi connectivity index (χ3n) is 4.73. The number of carbonyl (C=O) groups is 1. The van der Waals surface area contributed by atoms with E-state index in [1.54, 1.807) is 0 Å². The zero-order valence-corrected chi connectivity index (χ0v) is 13.2. The predicted octanol–water partition coefficient (Wildman–Crippen LogP) is 1.92. The molecule has 0 saturated carbocycles. The lowest BCUT2D eigenvalue weighted by atomic mass is 9.93. The molecule has 0 bridgehead atoms. The second-order valence-electron chi connectivity index (χ2n) is 6.35. The third-order valence-corrected chi connectivity index (χ3v) is 4.73. The average Bonchev–Trinajstić information content (AvgIpc) is 2.57. The summed E-state index contributed by atoms with van der Waals surface area (Å²) in [6.07, 6.45) is 1.69. The molecule has 3 rings (SSSR count). The Hall–Kier alpha value is -1.23. The van der Waals surface area contributed by atoms with Gasteiger partial charge in [-0.3, -0.25) is 9.69 Å². The van der Waals surface area contributed by atoms with Gasteiger partial charge in [0.05, 0.1) is 25.9 Å². The SMILES string of the molecule is CC1CN(C(Cc2ccccc2)C2COCCO2)CCC1=O. The molecule has 2 aliphatic heterocycles. The van der Waals surface area contributed by atoms with Crippen molar-refractivity contribution in [2.45, 2.75) is 31.9 Å². The maximum atomic E-state index is 11.8. The van der Waals surface area contributed by atoms with Gasteiger partial charge < -0.3 is 9.47 Å². The summed E-state index contributed by atoms with van der Waals surface area (Å²) in [6.45, 7) is 5.70. The van der Waals surface area contributed by atoms with Crippen LogP contribution in [0.1, 0.15) is 18.9 Å². The quantitative estimate of drug-likeness (QED) is 0.852. The van der Waals surface area contributed by atoms with Gasteiger partial charge in [-0.2, -0.15) is 0 Å². The van der Waals surface area contributed by atoms with Crippen LogP contribution in [0.4, 0.5) is 0 Å². The lowest BCUT2D eigenvalue weighted by Crippen LogP contribution is -2.54. The highest BCUT2D eigenvalue weighted by atomic mass is 16.6. The van der Waals surface area contributed by atoms with Crippen LogP contribution in [0.2, 0.25) is 0 Å². The van der Waals surface area contributed by atoms with E-state index in [9.17, 15) is 4.79 Å². The van der Waals surface area contributed by atoms with E-state index >= 15 is 0 Å². The van der Waals surface area contributed by atoms with Gasteiger partial charge in [-0.15, -0.1) is 0 Å². The summed E-state index contributed by atoms with van der Waals surface area (Å²) in [5.74, 6) is 0.507. The molecule has 2 aliphatic rings. The van der Waals surface area contributed by atoms with Gasteiger partial charge in [-0.25, -0.2) is 0 Å². The Morgan fingerprint density at radius 2 is 2.09 bits per heavy atom. The van der Waals surface area contributed by atoms with Gasteiger partial charge in [-0.1, -0.05) is 37.3 Å². The van der Waals surface area contributed by atoms with Crippen molar-refractivity contribution in [3.05, 3.63) is 35.9 Å². The van der Waals surface area contributed by atoms with Crippen molar-refractivity contribution < 1.29 is 14.3 Å². The topological polar surface area (TPSA) is 38.8 Å². The molecule has 2 fully saturated rings. The van der Waals surface area contributed by atoms with E-state index in [2.05, 4.69) is 29.2 Å². The summed E-state index contributed by atoms with van der Waals surface area (Å²) in [7, 11) is 0. The number of ether oxygens (including phenoxy) is 2. The van der Waals surface area contributed by atoms with Crippen LogP contribution in [0.5, 0.6) is 0 Å². The molecule has 1 aromatic rings. The minimum atomic E-state index is 0.0920. The molecule has 3 unspecified atom stereocenters. The lowest BCUT2D eigenvalue weighted by molar-refractivity contribution is -0.135. The van der Waals surface area contributed by atoms with E-state index in [1.165, 1.54) is 5.56 Å². The highest BCUT2D eigenvalue weighted by Crippen LogP contribution is 2.22. The number of nitrogens with zero attached hydrogens (tertiary/aromatic N) is 1. The van der Waals surface area contributed by atoms with Gasteiger partial charge in [0.25, 0.3) is 0 Å². The number of hydrogen-bond acceptors (Lipinski definition) is 4. The van der Waals surface area contributed by atoms with Gasteiger partial charge in [0.15, 0.2) is 0 Å². The Morgan fingerprint density at radius 3 is 2.77 bits per heavy atom. The number of Topliss-reactive ketones (excluding diaryl/α,β-unsaturated/α-hetero) is 1. The maximum absolute atomic E-state index is 11.8. The van der Waals surface area contributed by atoms with Crippen molar-refractivity contribution in [2.24, 2.45) is 5.92 Å². The molecule has 22 heavy (non-hydrogen) atoms. The van der Waals surface area contributed by atoms with Crippen LogP contribution in [-0.4, -0.2) is 55.7 Å². The second-order valence-corrected chi connectivity index (χ2v) is 6.35. The van der Waals surface area contributed by atoms with E-state index in [0.717, 1.165) is 19.5 Å². The molecule has 3 atom stereocenters. The number of hydrogen-bond donors (Lipinski definition) is 0. The van der Waals surface area contributed by atoms with Gasteiger partial charge in [0, 0.05) is 31.5 Å². The summed E-state index contributed by atoms with van der Waals surface area (Å²) in [5, 5.41) is 0. The van der Waals surface area contributed by atoms with Crippen molar-refractivity contribution >= 4 is 5.78 Å². The molecule has 120 valence electrons. The second kappa shape index (κ2) is 7.36. The molecule has 0 aliphatic carbocycles. The van der Waals surface area contributed by atoms with Crippen LogP contribution >= 0.6 is 0 Å². The molecule has 0 N–H and O–H groups in total. The van der Waals surface area contributed by atoms with Gasteiger partial charge in [0.2, 0.25) is 0 Å². The lowest BCUT2D eigenvalue weighted by Gasteiger charge is -2.41. The Labute approximate surface area is 132 Å². The van der Waals surface area contributed by atoms with Crippen molar-refractivity contribution in [2.75, 3.05) is 32.9 Å². The van der Waals surface area contributed by atoms with Crippen LogP contribution in [0.15, 0.2) is 30.3 Å². The minimum Gasteiger partial charge on any atom is -0.376 e. The number of carbonyl (C=O) groups excluding carboxylic acids is 1. The monoisotopic (exact) mass is 303 g/mol. The Morgan fingerprint density at radius 1 is 1.27 bits per heavy atom. The molecule has 2 saturated heterocycles. The van der Waals surface area contributed by atoms with Gasteiger partial charge >= 0.3 is 0 Å². The first-order valence-corrected chi connectivity index (χ1v) is 8.24. The van der Waals surface area contributed by atoms with Crippen molar-refractivity contribution in [3.8, 4) is 0 Å². The Kier molecular flexibility index (Phi) is 5.24. The van der Waals surface area contributed by atoms with E-state index < -0.39 is 0 Å². The number of rotatable bonds is 4. The minimum absolute atomic E-state index is 0.0920. The van der Waals surface area contributed by atoms with Crippen molar-refractivity contribution in [1.82, 2.24) is 4.90 Å². The first-order chi connectivity index (χ1) is 10.7. The molecule has 0 radical (unpaired) electrons. The smallest absolute Gasteiger partial charge is 0.138 e. The summed E-state index contributed by atoms with van der Waals surface area (Å²) in [6, 6.07) is 10.8. The van der Waals surface area contributed by atoms with E-state index in [4.69, 9.17) is 9.47 Å². The van der Waals surface area contributed by atoms with Crippen molar-refractivity contribution in [1.29, 1.82) is 0 Å². The fourth-order valence-electron chi connectivity index (χ4n) is 3.43. The molecular weight excluding hydrogens is 278 g/mol. The fraction of sp³-hybridized carbons (Fsp3) is 0.611. The molecule has 0 spiro atoms. The largest absolute Gasteiger partial charge is 0.376 e. The highest BCUT2D eigenvalue weighted by molar-refractivity contribution is 5.81. The molecular formula is C18H25NO3. The van der Waals surface area contributed by atoms with Gasteiger partial charge in [-0.05, 0) is 12.0 Å². The first kappa shape index (κ1) is 15.7. The molecule has 0 aromatic heterocycles. The molecule has 4 heteroatoms. The average molecular weight is 303 g/mol. The summed E-state index contributed by atoms with van der Waals surface area (Å²) < 4.78 is 11.6. The standard InChI is InChI=1S/C18H25NO3/c1-14-12-19(8-7-17(14)20)16(18-13-21-9-10-22-18)11-15-5-3-2-4-6-15/h2-6,14,16,18H,7-13H2,1H3. The van der Waals surface area contributed by atoms with Crippen LogP contribution in [0.3, 0.4) is 0 Å². The van der Waals surface area contributed by atoms with Crippen LogP contribution in [0, 0.1) is 5.92 Å². The highest BCUT2D eigenvalue weighted by Gasteiger charge is 2.34. The summed E-state index contributed by atoms with van der Waals surface area (Å²) >= 11 is 0. The Balaban J connectivity index is 1.74. The first-order valence-electron chi connectivity index (χ1n) is 8.24.